The summed E-state index contributed by atoms with van der Waals surface area (Å²) in [6.45, 7) is 4.30. The van der Waals surface area contributed by atoms with Crippen molar-refractivity contribution < 1.29 is 14.0 Å². The molecule has 25 heavy (non-hydrogen) atoms. The van der Waals surface area contributed by atoms with E-state index in [1.165, 1.54) is 18.2 Å². The molecule has 0 atom stereocenters. The first-order valence-electron chi connectivity index (χ1n) is 8.40. The molecule has 2 rings (SSSR count). The van der Waals surface area contributed by atoms with E-state index in [-0.39, 0.29) is 30.1 Å². The lowest BCUT2D eigenvalue weighted by atomic mass is 9.88. The predicted molar refractivity (Wildman–Crippen MR) is 99.4 cm³/mol. The van der Waals surface area contributed by atoms with Gasteiger partial charge in [0.15, 0.2) is 0 Å². The number of hydrogen-bond donors (Lipinski definition) is 1. The van der Waals surface area contributed by atoms with Crippen LogP contribution in [0, 0.1) is 0 Å². The Morgan fingerprint density at radius 3 is 2.64 bits per heavy atom. The molecule has 1 aliphatic carbocycles. The van der Waals surface area contributed by atoms with Gasteiger partial charge in [0, 0.05) is 18.3 Å². The average molecular weight is 391 g/mol. The molecule has 0 unspecified atom stereocenters. The van der Waals surface area contributed by atoms with Crippen LogP contribution >= 0.6 is 24.2 Å². The molecule has 7 nitrogen and oxygen atoms in total. The highest BCUT2D eigenvalue weighted by Gasteiger charge is 2.41. The standard InChI is InChI=1S/C16H26N4O3S.ClH/c1-16(2,20(11-21)12-7-5-4-6-8-12)13(22)14-18-19-15(23-14)24-10-9-17-3;/h11-12,17H,4-10H2,1-3H3;1H. The van der Waals surface area contributed by atoms with Gasteiger partial charge in [0.05, 0.1) is 0 Å². The van der Waals surface area contributed by atoms with Crippen LogP contribution in [0.4, 0.5) is 0 Å². The summed E-state index contributed by atoms with van der Waals surface area (Å²) in [5.74, 6) is 0.431. The minimum absolute atomic E-state index is 0. The Morgan fingerprint density at radius 1 is 1.36 bits per heavy atom. The van der Waals surface area contributed by atoms with E-state index in [0.717, 1.165) is 44.4 Å². The van der Waals surface area contributed by atoms with E-state index in [1.54, 1.807) is 18.7 Å². The first-order valence-corrected chi connectivity index (χ1v) is 9.38. The van der Waals surface area contributed by atoms with Crippen LogP contribution in [0.1, 0.15) is 56.6 Å². The van der Waals surface area contributed by atoms with Crippen molar-refractivity contribution in [3.63, 3.8) is 0 Å². The predicted octanol–water partition coefficient (Wildman–Crippen LogP) is 2.56. The summed E-state index contributed by atoms with van der Waals surface area (Å²) >= 11 is 1.40. The van der Waals surface area contributed by atoms with E-state index in [4.69, 9.17) is 4.42 Å². The molecule has 0 saturated heterocycles. The van der Waals surface area contributed by atoms with Gasteiger partial charge >= 0.3 is 0 Å². The smallest absolute Gasteiger partial charge is 0.287 e. The van der Waals surface area contributed by atoms with Crippen LogP contribution in [0.2, 0.25) is 0 Å². The molecule has 142 valence electrons. The maximum atomic E-state index is 12.8. The Bertz CT molecular complexity index is 561. The van der Waals surface area contributed by atoms with Gasteiger partial charge in [0.25, 0.3) is 11.1 Å². The Balaban J connectivity index is 0.00000312. The van der Waals surface area contributed by atoms with Crippen LogP contribution in [0.15, 0.2) is 9.64 Å². The number of carbonyl (C=O) groups is 2. The Morgan fingerprint density at radius 2 is 2.04 bits per heavy atom. The van der Waals surface area contributed by atoms with Gasteiger partial charge in [0.1, 0.15) is 5.54 Å². The molecule has 0 spiro atoms. The average Bonchev–Trinajstić information content (AvgIpc) is 3.04. The number of nitrogens with one attached hydrogen (secondary N) is 1. The van der Waals surface area contributed by atoms with Gasteiger partial charge in [0.2, 0.25) is 12.2 Å². The Hall–Kier alpha value is -1.12. The van der Waals surface area contributed by atoms with Crippen LogP contribution in [-0.2, 0) is 4.79 Å². The van der Waals surface area contributed by atoms with Gasteiger partial charge in [-0.05, 0) is 33.7 Å². The van der Waals surface area contributed by atoms with Crippen molar-refractivity contribution in [2.75, 3.05) is 19.3 Å². The molecule has 1 amide bonds. The molecule has 0 radical (unpaired) electrons. The van der Waals surface area contributed by atoms with E-state index in [9.17, 15) is 9.59 Å². The maximum Gasteiger partial charge on any atom is 0.287 e. The highest BCUT2D eigenvalue weighted by Crippen LogP contribution is 2.29. The molecular formula is C16H27ClN4O3S. The molecule has 1 heterocycles. The largest absolute Gasteiger partial charge is 0.408 e. The molecule has 1 N–H and O–H groups in total. The van der Waals surface area contributed by atoms with Crippen molar-refractivity contribution in [1.29, 1.82) is 0 Å². The maximum absolute atomic E-state index is 12.8. The second kappa shape index (κ2) is 10.1. The quantitative estimate of drug-likeness (QED) is 0.300. The Kier molecular flexibility index (Phi) is 8.88. The molecule has 1 aliphatic rings. The molecule has 1 aromatic heterocycles. The first-order chi connectivity index (χ1) is 11.5. The second-order valence-electron chi connectivity index (χ2n) is 6.52. The van der Waals surface area contributed by atoms with E-state index >= 15 is 0 Å². The number of aromatic nitrogens is 2. The zero-order chi connectivity index (χ0) is 17.6. The number of ketones is 1. The number of thioether (sulfide) groups is 1. The van der Waals surface area contributed by atoms with Crippen LogP contribution in [-0.4, -0.2) is 58.2 Å². The molecular weight excluding hydrogens is 364 g/mol. The zero-order valence-corrected chi connectivity index (χ0v) is 16.6. The first kappa shape index (κ1) is 21.9. The fraction of sp³-hybridized carbons (Fsp3) is 0.750. The highest BCUT2D eigenvalue weighted by molar-refractivity contribution is 7.99. The van der Waals surface area contributed by atoms with Crippen molar-refractivity contribution in [3.05, 3.63) is 5.89 Å². The number of hydrogen-bond acceptors (Lipinski definition) is 7. The van der Waals surface area contributed by atoms with E-state index in [1.807, 2.05) is 7.05 Å². The van der Waals surface area contributed by atoms with Crippen LogP contribution < -0.4 is 5.32 Å². The van der Waals surface area contributed by atoms with Crippen molar-refractivity contribution in [2.24, 2.45) is 0 Å². The van der Waals surface area contributed by atoms with Crippen LogP contribution in [0.5, 0.6) is 0 Å². The molecule has 1 fully saturated rings. The van der Waals surface area contributed by atoms with Gasteiger partial charge in [-0.3, -0.25) is 9.59 Å². The minimum Gasteiger partial charge on any atom is -0.408 e. The Labute approximate surface area is 159 Å². The molecule has 1 aromatic rings. The molecule has 0 aromatic carbocycles. The number of Topliss-reactive ketones (excluding diaryl/α,β-unsaturated/α-hetero) is 1. The van der Waals surface area contributed by atoms with Gasteiger partial charge in [-0.2, -0.15) is 0 Å². The lowest BCUT2D eigenvalue weighted by Gasteiger charge is -2.41. The molecule has 9 heteroatoms. The SMILES string of the molecule is CNCCSc1nnc(C(=O)C(C)(C)N(C=O)C2CCCCC2)o1.Cl. The third-order valence-corrected chi connectivity index (χ3v) is 5.28. The monoisotopic (exact) mass is 390 g/mol. The third kappa shape index (κ3) is 5.43. The molecule has 0 bridgehead atoms. The number of amides is 1. The van der Waals surface area contributed by atoms with E-state index in [2.05, 4.69) is 15.5 Å². The summed E-state index contributed by atoms with van der Waals surface area (Å²) in [6, 6.07) is 0.0996. The van der Waals surface area contributed by atoms with Crippen molar-refractivity contribution in [2.45, 2.75) is 62.8 Å². The fourth-order valence-electron chi connectivity index (χ4n) is 3.01. The minimum atomic E-state index is -0.997. The van der Waals surface area contributed by atoms with Gasteiger partial charge < -0.3 is 14.6 Å². The number of halogens is 1. The summed E-state index contributed by atoms with van der Waals surface area (Å²) < 4.78 is 5.48. The van der Waals surface area contributed by atoms with Crippen molar-refractivity contribution >= 4 is 36.4 Å². The number of carbonyl (C=O) groups excluding carboxylic acids is 2. The fourth-order valence-corrected chi connectivity index (χ4v) is 3.73. The summed E-state index contributed by atoms with van der Waals surface area (Å²) in [5.41, 5.74) is -0.997. The van der Waals surface area contributed by atoms with E-state index < -0.39 is 5.54 Å². The molecule has 1 saturated carbocycles. The highest BCUT2D eigenvalue weighted by atomic mass is 35.5. The summed E-state index contributed by atoms with van der Waals surface area (Å²) in [5, 5.41) is 11.2. The lowest BCUT2D eigenvalue weighted by molar-refractivity contribution is -0.125. The van der Waals surface area contributed by atoms with Crippen molar-refractivity contribution in [1.82, 2.24) is 20.4 Å². The zero-order valence-electron chi connectivity index (χ0n) is 15.0. The van der Waals surface area contributed by atoms with Crippen LogP contribution in [0.25, 0.3) is 0 Å². The van der Waals surface area contributed by atoms with E-state index in [0.29, 0.717) is 5.22 Å². The molecule has 0 aliphatic heterocycles. The number of rotatable bonds is 9. The summed E-state index contributed by atoms with van der Waals surface area (Å²) in [6.07, 6.45) is 6.02. The third-order valence-electron chi connectivity index (χ3n) is 4.46. The lowest BCUT2D eigenvalue weighted by Crippen LogP contribution is -2.54. The van der Waals surface area contributed by atoms with Gasteiger partial charge in [-0.15, -0.1) is 22.6 Å². The normalized spacial score (nSPS) is 15.5. The van der Waals surface area contributed by atoms with Gasteiger partial charge in [-0.25, -0.2) is 0 Å². The second-order valence-corrected chi connectivity index (χ2v) is 7.56. The van der Waals surface area contributed by atoms with Gasteiger partial charge in [-0.1, -0.05) is 31.0 Å². The van der Waals surface area contributed by atoms with Crippen LogP contribution in [0.3, 0.4) is 0 Å². The van der Waals surface area contributed by atoms with Crippen molar-refractivity contribution in [3.8, 4) is 0 Å². The summed E-state index contributed by atoms with van der Waals surface area (Å²) in [7, 11) is 1.87. The number of nitrogens with zero attached hydrogens (tertiary/aromatic N) is 3. The summed E-state index contributed by atoms with van der Waals surface area (Å²) in [4.78, 5) is 26.1. The topological polar surface area (TPSA) is 88.3 Å².